The second-order valence-corrected chi connectivity index (χ2v) is 12.7. The molecule has 18 heteroatoms. The van der Waals surface area contributed by atoms with E-state index in [0.717, 1.165) is 28.6 Å². The van der Waals surface area contributed by atoms with Crippen LogP contribution in [0.4, 0.5) is 22.0 Å². The molecule has 0 saturated carbocycles. The minimum absolute atomic E-state index is 0.0986. The molecular formula is C28H32F5N7O5S. The zero-order valence-electron chi connectivity index (χ0n) is 25.0. The number of nitrogens with zero attached hydrogens (tertiary/aromatic N) is 6. The van der Waals surface area contributed by atoms with Crippen LogP contribution in [-0.4, -0.2) is 81.7 Å². The van der Waals surface area contributed by atoms with Crippen LogP contribution in [0.3, 0.4) is 0 Å². The molecule has 46 heavy (non-hydrogen) atoms. The average Bonchev–Trinajstić information content (AvgIpc) is 3.47. The molecule has 0 radical (unpaired) electrons. The number of amides is 2. The van der Waals surface area contributed by atoms with Crippen molar-refractivity contribution < 1.29 is 44.7 Å². The van der Waals surface area contributed by atoms with E-state index in [1.165, 1.54) is 40.8 Å². The van der Waals surface area contributed by atoms with Gasteiger partial charge in [0.05, 0.1) is 4.90 Å². The largest absolute Gasteiger partial charge is 0.573 e. The highest BCUT2D eigenvalue weighted by Crippen LogP contribution is 2.31. The minimum atomic E-state index is -4.98. The van der Waals surface area contributed by atoms with E-state index in [1.54, 1.807) is 0 Å². The lowest BCUT2D eigenvalue weighted by atomic mass is 10.0. The Labute approximate surface area is 261 Å². The molecule has 1 saturated heterocycles. The molecule has 2 aromatic carbocycles. The molecule has 2 heterocycles. The number of ether oxygens (including phenoxy) is 1. The first-order valence-electron chi connectivity index (χ1n) is 14.2. The van der Waals surface area contributed by atoms with Gasteiger partial charge in [-0.2, -0.15) is 4.31 Å². The summed E-state index contributed by atoms with van der Waals surface area (Å²) in [7, 11) is -4.46. The molecule has 4 rings (SSSR count). The van der Waals surface area contributed by atoms with Crippen LogP contribution in [0.1, 0.15) is 50.1 Å². The van der Waals surface area contributed by atoms with Crippen molar-refractivity contribution >= 4 is 21.8 Å². The molecule has 2 amide bonds. The van der Waals surface area contributed by atoms with Crippen molar-refractivity contribution in [3.05, 3.63) is 65.5 Å². The van der Waals surface area contributed by atoms with Crippen molar-refractivity contribution in [2.45, 2.75) is 69.4 Å². The van der Waals surface area contributed by atoms with Crippen LogP contribution in [0.5, 0.6) is 5.75 Å². The van der Waals surface area contributed by atoms with Crippen molar-refractivity contribution in [1.82, 2.24) is 34.7 Å². The van der Waals surface area contributed by atoms with E-state index >= 15 is 0 Å². The Bertz CT molecular complexity index is 1630. The number of piperazine rings is 1. The van der Waals surface area contributed by atoms with Gasteiger partial charge >= 0.3 is 6.36 Å². The topological polar surface area (TPSA) is 140 Å². The summed E-state index contributed by atoms with van der Waals surface area (Å²) >= 11 is 0. The van der Waals surface area contributed by atoms with Gasteiger partial charge in [-0.15, -0.1) is 18.3 Å². The highest BCUT2D eigenvalue weighted by molar-refractivity contribution is 7.89. The zero-order chi connectivity index (χ0) is 33.9. The fourth-order valence-electron chi connectivity index (χ4n) is 4.79. The molecule has 0 spiro atoms. The van der Waals surface area contributed by atoms with Crippen LogP contribution >= 0.6 is 0 Å². The maximum Gasteiger partial charge on any atom is 0.573 e. The number of carbonyl (C=O) groups is 2. The summed E-state index contributed by atoms with van der Waals surface area (Å²) in [5, 5.41) is 13.9. The maximum atomic E-state index is 14.0. The van der Waals surface area contributed by atoms with E-state index in [-0.39, 0.29) is 44.2 Å². The number of nitrogens with one attached hydrogen (secondary N) is 1. The molecule has 1 aliphatic rings. The summed E-state index contributed by atoms with van der Waals surface area (Å²) in [4.78, 5) is 27.7. The van der Waals surface area contributed by atoms with E-state index in [0.29, 0.717) is 11.4 Å². The Balaban J connectivity index is 1.56. The summed E-state index contributed by atoms with van der Waals surface area (Å²) in [6.45, 7) is 3.83. The quantitative estimate of drug-likeness (QED) is 0.306. The summed E-state index contributed by atoms with van der Waals surface area (Å²) < 4.78 is 99.1. The molecule has 12 nitrogen and oxygen atoms in total. The van der Waals surface area contributed by atoms with E-state index in [9.17, 15) is 40.0 Å². The second-order valence-electron chi connectivity index (χ2n) is 10.8. The molecule has 1 aromatic heterocycles. The molecule has 1 fully saturated rings. The summed E-state index contributed by atoms with van der Waals surface area (Å²) in [5.74, 6) is -4.58. The molecule has 1 atom stereocenters. The Morgan fingerprint density at radius 1 is 1.02 bits per heavy atom. The van der Waals surface area contributed by atoms with E-state index in [1.807, 2.05) is 13.8 Å². The van der Waals surface area contributed by atoms with Crippen molar-refractivity contribution in [1.29, 1.82) is 0 Å². The Hall–Kier alpha value is -4.19. The van der Waals surface area contributed by atoms with Crippen molar-refractivity contribution in [2.24, 2.45) is 0 Å². The monoisotopic (exact) mass is 673 g/mol. The zero-order valence-corrected chi connectivity index (χ0v) is 25.9. The van der Waals surface area contributed by atoms with Crippen LogP contribution in [0.2, 0.25) is 0 Å². The van der Waals surface area contributed by atoms with E-state index in [2.05, 4.69) is 25.6 Å². The van der Waals surface area contributed by atoms with Crippen molar-refractivity contribution in [3.63, 3.8) is 0 Å². The summed E-state index contributed by atoms with van der Waals surface area (Å²) in [6, 6.07) is 7.35. The van der Waals surface area contributed by atoms with Crippen LogP contribution in [0.25, 0.3) is 0 Å². The van der Waals surface area contributed by atoms with Gasteiger partial charge < -0.3 is 15.0 Å². The number of carbonyl (C=O) groups excluding carboxylic acids is 2. The van der Waals surface area contributed by atoms with Gasteiger partial charge in [0.25, 0.3) is 5.92 Å². The lowest BCUT2D eigenvalue weighted by Gasteiger charge is -2.39. The van der Waals surface area contributed by atoms with Gasteiger partial charge in [-0.3, -0.25) is 9.59 Å². The highest BCUT2D eigenvalue weighted by atomic mass is 32.2. The van der Waals surface area contributed by atoms with Gasteiger partial charge in [0, 0.05) is 44.1 Å². The summed E-state index contributed by atoms with van der Waals surface area (Å²) in [5.41, 5.74) is 0.265. The average molecular weight is 674 g/mol. The van der Waals surface area contributed by atoms with Crippen LogP contribution in [0, 0.1) is 0 Å². The van der Waals surface area contributed by atoms with Gasteiger partial charge in [0.2, 0.25) is 21.8 Å². The van der Waals surface area contributed by atoms with Gasteiger partial charge in [0.15, 0.2) is 5.82 Å². The molecule has 0 unspecified atom stereocenters. The number of hydrogen-bond donors (Lipinski definition) is 1. The fraction of sp³-hybridized carbons (Fsp3) is 0.464. The normalized spacial score (nSPS) is 16.5. The smallest absolute Gasteiger partial charge is 0.406 e. The van der Waals surface area contributed by atoms with Gasteiger partial charge in [-0.1, -0.05) is 45.0 Å². The maximum absolute atomic E-state index is 14.0. The van der Waals surface area contributed by atoms with Crippen LogP contribution < -0.4 is 10.1 Å². The standard InChI is InChI=1S/C28H32F5N7O5S/c1-4-27(29,30)20-7-5-19(6-8-20)15-34-26(42)23-16-38(24(41)17-39-25(18(2)3)35-36-37-39)13-14-40(23)46(43,44)22-11-9-21(10-12-22)45-28(31,32)33/h5-12,18,23H,4,13-17H2,1-3H3,(H,34,42)/t23-/m1/s1. The number of hydrogen-bond acceptors (Lipinski definition) is 8. The molecule has 0 bridgehead atoms. The van der Waals surface area contributed by atoms with Crippen molar-refractivity contribution in [2.75, 3.05) is 19.6 Å². The Morgan fingerprint density at radius 2 is 1.67 bits per heavy atom. The number of aromatic nitrogens is 4. The number of rotatable bonds is 11. The first-order chi connectivity index (χ1) is 21.5. The Morgan fingerprint density at radius 3 is 2.26 bits per heavy atom. The predicted molar refractivity (Wildman–Crippen MR) is 152 cm³/mol. The van der Waals surface area contributed by atoms with Gasteiger partial charge in [0.1, 0.15) is 18.3 Å². The number of alkyl halides is 5. The first kappa shape index (κ1) is 34.7. The van der Waals surface area contributed by atoms with Crippen LogP contribution in [0.15, 0.2) is 53.4 Å². The predicted octanol–water partition coefficient (Wildman–Crippen LogP) is 3.42. The Kier molecular flexibility index (Phi) is 10.3. The third-order valence-electron chi connectivity index (χ3n) is 7.30. The third-order valence-corrected chi connectivity index (χ3v) is 9.22. The molecule has 1 aliphatic heterocycles. The van der Waals surface area contributed by atoms with E-state index in [4.69, 9.17) is 0 Å². The highest BCUT2D eigenvalue weighted by Gasteiger charge is 2.42. The minimum Gasteiger partial charge on any atom is -0.406 e. The lowest BCUT2D eigenvalue weighted by molar-refractivity contribution is -0.274. The lowest BCUT2D eigenvalue weighted by Crippen LogP contribution is -2.61. The second kappa shape index (κ2) is 13.7. The molecule has 1 N–H and O–H groups in total. The number of halogens is 5. The third kappa shape index (κ3) is 8.14. The number of sulfonamides is 1. The molecule has 250 valence electrons. The molecule has 3 aromatic rings. The van der Waals surface area contributed by atoms with Crippen molar-refractivity contribution in [3.8, 4) is 5.75 Å². The van der Waals surface area contributed by atoms with Gasteiger partial charge in [-0.25, -0.2) is 21.9 Å². The number of benzene rings is 2. The SMILES string of the molecule is CCC(F)(F)c1ccc(CNC(=O)[C@H]2CN(C(=O)Cn3nnnc3C(C)C)CCN2S(=O)(=O)c2ccc(OC(F)(F)F)cc2)cc1. The molecule has 0 aliphatic carbocycles. The van der Waals surface area contributed by atoms with E-state index < -0.39 is 57.2 Å². The summed E-state index contributed by atoms with van der Waals surface area (Å²) in [6.07, 6.45) is -5.38. The number of tetrazole rings is 1. The molecular weight excluding hydrogens is 641 g/mol. The fourth-order valence-corrected chi connectivity index (χ4v) is 6.36. The first-order valence-corrected chi connectivity index (χ1v) is 15.6. The van der Waals surface area contributed by atoms with Crippen LogP contribution in [-0.2, 0) is 38.6 Å². The van der Waals surface area contributed by atoms with Gasteiger partial charge in [-0.05, 0) is 40.3 Å².